The number of aryl methyl sites for hydroxylation is 1. The first-order valence-corrected chi connectivity index (χ1v) is 8.35. The van der Waals surface area contributed by atoms with E-state index < -0.39 is 10.2 Å². The summed E-state index contributed by atoms with van der Waals surface area (Å²) in [4.78, 5) is 0. The highest BCUT2D eigenvalue weighted by Crippen LogP contribution is 2.26. The topological polar surface area (TPSA) is 52.7 Å². The Kier molecular flexibility index (Phi) is 4.80. The van der Waals surface area contributed by atoms with Crippen molar-refractivity contribution in [3.05, 3.63) is 35.4 Å². The van der Waals surface area contributed by atoms with Gasteiger partial charge in [-0.1, -0.05) is 31.2 Å². The van der Waals surface area contributed by atoms with E-state index in [1.165, 1.54) is 9.87 Å². The van der Waals surface area contributed by atoms with Crippen molar-refractivity contribution >= 4 is 10.2 Å². The first-order valence-electron chi connectivity index (χ1n) is 6.95. The summed E-state index contributed by atoms with van der Waals surface area (Å²) in [5.74, 6) is 0. The lowest BCUT2D eigenvalue weighted by molar-refractivity contribution is 0.257. The predicted octanol–water partition coefficient (Wildman–Crippen LogP) is 1.00. The molecular formula is C14H23N3O2S. The zero-order valence-corrected chi connectivity index (χ0v) is 13.2. The third-order valence-corrected chi connectivity index (χ3v) is 5.68. The first-order chi connectivity index (χ1) is 9.46. The van der Waals surface area contributed by atoms with Gasteiger partial charge < -0.3 is 5.32 Å². The number of nitrogens with zero attached hydrogens (tertiary/aromatic N) is 2. The Morgan fingerprint density at radius 2 is 1.95 bits per heavy atom. The van der Waals surface area contributed by atoms with Gasteiger partial charge in [-0.2, -0.15) is 17.0 Å². The normalized spacial score (nSPS) is 21.3. The van der Waals surface area contributed by atoms with Gasteiger partial charge in [0.15, 0.2) is 0 Å². The third kappa shape index (κ3) is 3.03. The van der Waals surface area contributed by atoms with E-state index in [9.17, 15) is 8.42 Å². The molecule has 0 spiro atoms. The number of nitrogens with one attached hydrogen (secondary N) is 1. The second-order valence-electron chi connectivity index (χ2n) is 5.22. The van der Waals surface area contributed by atoms with Gasteiger partial charge in [0, 0.05) is 33.7 Å². The first kappa shape index (κ1) is 15.4. The van der Waals surface area contributed by atoms with Gasteiger partial charge in [-0.15, -0.1) is 0 Å². The van der Waals surface area contributed by atoms with Crippen molar-refractivity contribution in [2.75, 3.05) is 33.7 Å². The van der Waals surface area contributed by atoms with E-state index in [2.05, 4.69) is 24.4 Å². The molecule has 1 atom stereocenters. The van der Waals surface area contributed by atoms with Crippen molar-refractivity contribution in [3.8, 4) is 0 Å². The molecular weight excluding hydrogens is 274 g/mol. The minimum absolute atomic E-state index is 0.137. The van der Waals surface area contributed by atoms with E-state index in [-0.39, 0.29) is 6.04 Å². The lowest BCUT2D eigenvalue weighted by Crippen LogP contribution is -2.51. The van der Waals surface area contributed by atoms with Crippen LogP contribution in [0.4, 0.5) is 0 Å². The molecule has 0 radical (unpaired) electrons. The summed E-state index contributed by atoms with van der Waals surface area (Å²) < 4.78 is 27.7. The Morgan fingerprint density at radius 1 is 1.30 bits per heavy atom. The molecule has 1 aliphatic rings. The predicted molar refractivity (Wildman–Crippen MR) is 80.7 cm³/mol. The molecule has 1 aromatic rings. The molecule has 0 amide bonds. The average Bonchev–Trinajstić information content (AvgIpc) is 2.47. The van der Waals surface area contributed by atoms with Gasteiger partial charge >= 0.3 is 0 Å². The van der Waals surface area contributed by atoms with E-state index >= 15 is 0 Å². The Balaban J connectivity index is 2.31. The lowest BCUT2D eigenvalue weighted by atomic mass is 10.0. The smallest absolute Gasteiger partial charge is 0.282 e. The Bertz CT molecular complexity index is 540. The molecule has 6 heteroatoms. The van der Waals surface area contributed by atoms with Crippen LogP contribution >= 0.6 is 0 Å². The van der Waals surface area contributed by atoms with E-state index in [0.717, 1.165) is 12.0 Å². The summed E-state index contributed by atoms with van der Waals surface area (Å²) in [5.41, 5.74) is 2.30. The molecule has 112 valence electrons. The summed E-state index contributed by atoms with van der Waals surface area (Å²) in [6.45, 7) is 3.95. The highest BCUT2D eigenvalue weighted by Gasteiger charge is 2.34. The van der Waals surface area contributed by atoms with Crippen molar-refractivity contribution < 1.29 is 8.42 Å². The van der Waals surface area contributed by atoms with Gasteiger partial charge in [-0.05, 0) is 17.5 Å². The zero-order chi connectivity index (χ0) is 14.8. The number of rotatable bonds is 4. The van der Waals surface area contributed by atoms with Gasteiger partial charge in [0.2, 0.25) is 0 Å². The van der Waals surface area contributed by atoms with Crippen LogP contribution in [0.25, 0.3) is 0 Å². The fourth-order valence-electron chi connectivity index (χ4n) is 2.43. The highest BCUT2D eigenvalue weighted by atomic mass is 32.2. The van der Waals surface area contributed by atoms with E-state index in [4.69, 9.17) is 0 Å². The molecule has 0 aliphatic carbocycles. The fraction of sp³-hybridized carbons (Fsp3) is 0.571. The van der Waals surface area contributed by atoms with Crippen LogP contribution < -0.4 is 5.32 Å². The second-order valence-corrected chi connectivity index (χ2v) is 7.31. The largest absolute Gasteiger partial charge is 0.313 e. The van der Waals surface area contributed by atoms with Gasteiger partial charge in [0.1, 0.15) is 0 Å². The molecule has 1 N–H and O–H groups in total. The maximum atomic E-state index is 12.4. The molecule has 1 aromatic carbocycles. The van der Waals surface area contributed by atoms with Crippen LogP contribution in [0, 0.1) is 0 Å². The SMILES string of the molecule is CCc1ccc(C2CNCCN2S(=O)(=O)N(C)C)cc1. The number of hydrogen-bond donors (Lipinski definition) is 1. The lowest BCUT2D eigenvalue weighted by Gasteiger charge is -2.36. The molecule has 0 saturated carbocycles. The monoisotopic (exact) mass is 297 g/mol. The van der Waals surface area contributed by atoms with Crippen LogP contribution in [0.3, 0.4) is 0 Å². The summed E-state index contributed by atoms with van der Waals surface area (Å²) in [6, 6.07) is 8.08. The Hall–Kier alpha value is -0.950. The molecule has 2 rings (SSSR count). The summed E-state index contributed by atoms with van der Waals surface area (Å²) >= 11 is 0. The van der Waals surface area contributed by atoms with E-state index in [1.54, 1.807) is 18.4 Å². The molecule has 1 fully saturated rings. The Morgan fingerprint density at radius 3 is 2.50 bits per heavy atom. The summed E-state index contributed by atoms with van der Waals surface area (Å²) in [6.07, 6.45) is 0.989. The average molecular weight is 297 g/mol. The van der Waals surface area contributed by atoms with Crippen LogP contribution in [0.5, 0.6) is 0 Å². The van der Waals surface area contributed by atoms with Crippen LogP contribution in [0.15, 0.2) is 24.3 Å². The second kappa shape index (κ2) is 6.22. The minimum atomic E-state index is -3.39. The number of hydrogen-bond acceptors (Lipinski definition) is 3. The molecule has 1 unspecified atom stereocenters. The van der Waals surface area contributed by atoms with E-state index in [1.807, 2.05) is 12.1 Å². The van der Waals surface area contributed by atoms with Crippen LogP contribution in [-0.4, -0.2) is 50.8 Å². The van der Waals surface area contributed by atoms with Gasteiger partial charge in [-0.3, -0.25) is 0 Å². The van der Waals surface area contributed by atoms with E-state index in [0.29, 0.717) is 19.6 Å². The highest BCUT2D eigenvalue weighted by molar-refractivity contribution is 7.86. The standard InChI is InChI=1S/C14H23N3O2S/c1-4-12-5-7-13(8-6-12)14-11-15-9-10-17(14)20(18,19)16(2)3/h5-8,14-15H,4,9-11H2,1-3H3. The van der Waals surface area contributed by atoms with Crippen molar-refractivity contribution in [2.24, 2.45) is 0 Å². The summed E-state index contributed by atoms with van der Waals surface area (Å²) in [7, 11) is -0.230. The van der Waals surface area contributed by atoms with Crippen LogP contribution in [0.2, 0.25) is 0 Å². The molecule has 1 saturated heterocycles. The molecule has 1 aliphatic heterocycles. The van der Waals surface area contributed by atoms with Crippen molar-refractivity contribution in [1.82, 2.24) is 13.9 Å². The van der Waals surface area contributed by atoms with Gasteiger partial charge in [-0.25, -0.2) is 0 Å². The van der Waals surface area contributed by atoms with Crippen molar-refractivity contribution in [1.29, 1.82) is 0 Å². The minimum Gasteiger partial charge on any atom is -0.313 e. The van der Waals surface area contributed by atoms with Crippen molar-refractivity contribution in [3.63, 3.8) is 0 Å². The molecule has 0 bridgehead atoms. The van der Waals surface area contributed by atoms with Crippen molar-refractivity contribution in [2.45, 2.75) is 19.4 Å². The quantitative estimate of drug-likeness (QED) is 0.902. The van der Waals surface area contributed by atoms with Crippen LogP contribution in [0.1, 0.15) is 24.1 Å². The summed E-state index contributed by atoms with van der Waals surface area (Å²) in [5, 5.41) is 3.28. The van der Waals surface area contributed by atoms with Gasteiger partial charge in [0.05, 0.1) is 6.04 Å². The third-order valence-electron chi connectivity index (χ3n) is 3.72. The number of piperazine rings is 1. The van der Waals surface area contributed by atoms with Crippen LogP contribution in [-0.2, 0) is 16.6 Å². The molecule has 1 heterocycles. The maximum Gasteiger partial charge on any atom is 0.282 e. The Labute approximate surface area is 121 Å². The zero-order valence-electron chi connectivity index (χ0n) is 12.3. The molecule has 0 aromatic heterocycles. The maximum absolute atomic E-state index is 12.4. The molecule has 20 heavy (non-hydrogen) atoms. The van der Waals surface area contributed by atoms with Gasteiger partial charge in [0.25, 0.3) is 10.2 Å². The fourth-order valence-corrected chi connectivity index (χ4v) is 3.69. The number of benzene rings is 1. The molecule has 5 nitrogen and oxygen atoms in total.